The van der Waals surface area contributed by atoms with E-state index in [1.807, 2.05) is 13.8 Å². The van der Waals surface area contributed by atoms with E-state index in [1.165, 1.54) is 12.8 Å². The molecule has 0 spiro atoms. The third-order valence-corrected chi connectivity index (χ3v) is 2.97. The predicted molar refractivity (Wildman–Crippen MR) is 52.7 cm³/mol. The zero-order valence-corrected chi connectivity index (χ0v) is 8.84. The quantitative estimate of drug-likeness (QED) is 0.690. The van der Waals surface area contributed by atoms with Crippen LogP contribution in [-0.2, 0) is 4.74 Å². The fourth-order valence-corrected chi connectivity index (χ4v) is 1.75. The smallest absolute Gasteiger partial charge is 0.0976 e. The van der Waals surface area contributed by atoms with Gasteiger partial charge < -0.3 is 15.2 Å². The summed E-state index contributed by atoms with van der Waals surface area (Å²) in [6, 6.07) is 0.198. The fraction of sp³-hybridized carbons (Fsp3) is 1.00. The minimum absolute atomic E-state index is 0.198. The van der Waals surface area contributed by atoms with Crippen LogP contribution in [0.25, 0.3) is 0 Å². The summed E-state index contributed by atoms with van der Waals surface area (Å²) >= 11 is 0. The summed E-state index contributed by atoms with van der Waals surface area (Å²) in [6.45, 7) is 4.86. The van der Waals surface area contributed by atoms with Gasteiger partial charge in [-0.15, -0.1) is 0 Å². The van der Waals surface area contributed by atoms with E-state index in [4.69, 9.17) is 4.74 Å². The molecule has 0 saturated carbocycles. The number of nitrogens with one attached hydrogen (secondary N) is 1. The van der Waals surface area contributed by atoms with Crippen molar-refractivity contribution in [1.29, 1.82) is 0 Å². The van der Waals surface area contributed by atoms with Gasteiger partial charge in [0.25, 0.3) is 0 Å². The lowest BCUT2D eigenvalue weighted by molar-refractivity contribution is -0.0942. The summed E-state index contributed by atoms with van der Waals surface area (Å²) in [5, 5.41) is 13.3. The number of hydrogen-bond donors (Lipinski definition) is 2. The first-order chi connectivity index (χ1) is 6.08. The maximum atomic E-state index is 10.0. The van der Waals surface area contributed by atoms with Gasteiger partial charge in [-0.1, -0.05) is 6.42 Å². The first-order valence-electron chi connectivity index (χ1n) is 5.04. The van der Waals surface area contributed by atoms with Crippen molar-refractivity contribution in [1.82, 2.24) is 5.32 Å². The van der Waals surface area contributed by atoms with Crippen LogP contribution in [0.1, 0.15) is 33.1 Å². The van der Waals surface area contributed by atoms with Crippen LogP contribution in [-0.4, -0.2) is 36.5 Å². The van der Waals surface area contributed by atoms with E-state index >= 15 is 0 Å². The molecule has 0 aromatic rings. The molecule has 1 aliphatic rings. The van der Waals surface area contributed by atoms with Crippen molar-refractivity contribution < 1.29 is 9.84 Å². The summed E-state index contributed by atoms with van der Waals surface area (Å²) in [6.07, 6.45) is 3.05. The molecule has 3 nitrogen and oxygen atoms in total. The van der Waals surface area contributed by atoms with Gasteiger partial charge in [0.2, 0.25) is 0 Å². The van der Waals surface area contributed by atoms with Gasteiger partial charge in [-0.25, -0.2) is 0 Å². The van der Waals surface area contributed by atoms with Crippen molar-refractivity contribution in [3.05, 3.63) is 0 Å². The van der Waals surface area contributed by atoms with Crippen molar-refractivity contribution >= 4 is 0 Å². The fourth-order valence-electron chi connectivity index (χ4n) is 1.75. The molecule has 3 heteroatoms. The van der Waals surface area contributed by atoms with Gasteiger partial charge in [0.1, 0.15) is 0 Å². The van der Waals surface area contributed by atoms with E-state index in [1.54, 1.807) is 7.11 Å². The summed E-state index contributed by atoms with van der Waals surface area (Å²) in [5.41, 5.74) is -0.449. The third-order valence-electron chi connectivity index (χ3n) is 2.97. The van der Waals surface area contributed by atoms with Crippen molar-refractivity contribution in [3.8, 4) is 0 Å². The minimum Gasteiger partial charge on any atom is -0.389 e. The van der Waals surface area contributed by atoms with E-state index in [-0.39, 0.29) is 6.04 Å². The number of aliphatic hydroxyl groups is 1. The zero-order valence-electron chi connectivity index (χ0n) is 8.84. The van der Waals surface area contributed by atoms with Crippen LogP contribution in [0, 0.1) is 0 Å². The zero-order chi connectivity index (χ0) is 9.90. The Morgan fingerprint density at radius 2 is 2.15 bits per heavy atom. The van der Waals surface area contributed by atoms with Gasteiger partial charge in [-0.3, -0.25) is 0 Å². The Morgan fingerprint density at radius 1 is 1.46 bits per heavy atom. The number of methoxy groups -OCH3 is 1. The number of aliphatic hydroxyl groups excluding tert-OH is 1. The van der Waals surface area contributed by atoms with Gasteiger partial charge in [0.05, 0.1) is 11.7 Å². The third kappa shape index (κ3) is 2.66. The molecule has 2 N–H and O–H groups in total. The molecule has 0 amide bonds. The van der Waals surface area contributed by atoms with Gasteiger partial charge >= 0.3 is 0 Å². The first-order valence-corrected chi connectivity index (χ1v) is 5.04. The van der Waals surface area contributed by atoms with Crippen LogP contribution in [0.2, 0.25) is 0 Å². The molecule has 1 heterocycles. The maximum Gasteiger partial charge on any atom is 0.0976 e. The molecule has 1 rings (SSSR count). The van der Waals surface area contributed by atoms with E-state index in [0.29, 0.717) is 0 Å². The van der Waals surface area contributed by atoms with Gasteiger partial charge in [0, 0.05) is 13.2 Å². The Bertz CT molecular complexity index is 153. The Hall–Kier alpha value is -0.120. The van der Waals surface area contributed by atoms with Crippen molar-refractivity contribution in [3.63, 3.8) is 0 Å². The van der Waals surface area contributed by atoms with Crippen LogP contribution in [0.3, 0.4) is 0 Å². The molecule has 0 aromatic heterocycles. The Balaban J connectivity index is 2.49. The molecule has 1 aliphatic heterocycles. The molecule has 2 unspecified atom stereocenters. The van der Waals surface area contributed by atoms with Gasteiger partial charge in [-0.2, -0.15) is 0 Å². The topological polar surface area (TPSA) is 41.5 Å². The Morgan fingerprint density at radius 3 is 2.62 bits per heavy atom. The van der Waals surface area contributed by atoms with Crippen LogP contribution in [0.15, 0.2) is 0 Å². The molecule has 0 bridgehead atoms. The number of piperidine rings is 1. The average Bonchev–Trinajstić information content (AvgIpc) is 2.18. The number of ether oxygens (including phenoxy) is 1. The molecule has 1 saturated heterocycles. The normalized spacial score (nSPS) is 27.2. The molecule has 0 aromatic carbocycles. The van der Waals surface area contributed by atoms with Crippen molar-refractivity contribution in [2.75, 3.05) is 13.7 Å². The second kappa shape index (κ2) is 4.40. The van der Waals surface area contributed by atoms with Gasteiger partial charge in [-0.05, 0) is 33.2 Å². The number of rotatable bonds is 3. The average molecular weight is 187 g/mol. The predicted octanol–water partition coefficient (Wildman–Crippen LogP) is 0.914. The van der Waals surface area contributed by atoms with E-state index in [2.05, 4.69) is 5.32 Å². The van der Waals surface area contributed by atoms with Crippen molar-refractivity contribution in [2.45, 2.75) is 50.9 Å². The lowest BCUT2D eigenvalue weighted by atomic mass is 9.90. The number of hydrogen-bond acceptors (Lipinski definition) is 3. The molecule has 0 aliphatic carbocycles. The molecule has 78 valence electrons. The Labute approximate surface area is 80.5 Å². The molecule has 0 radical (unpaired) electrons. The summed E-state index contributed by atoms with van der Waals surface area (Å²) in [5.74, 6) is 0. The second-order valence-electron chi connectivity index (χ2n) is 4.31. The SMILES string of the molecule is COC(C)(C)C(O)C1CCCCN1. The highest BCUT2D eigenvalue weighted by atomic mass is 16.5. The minimum atomic E-state index is -0.449. The highest BCUT2D eigenvalue weighted by Gasteiger charge is 2.34. The van der Waals surface area contributed by atoms with Crippen LogP contribution in [0.5, 0.6) is 0 Å². The Kier molecular flexibility index (Phi) is 3.71. The largest absolute Gasteiger partial charge is 0.389 e. The molecular weight excluding hydrogens is 166 g/mol. The lowest BCUT2D eigenvalue weighted by Gasteiger charge is -2.37. The highest BCUT2D eigenvalue weighted by Crippen LogP contribution is 2.21. The lowest BCUT2D eigenvalue weighted by Crippen LogP contribution is -2.53. The van der Waals surface area contributed by atoms with Crippen molar-refractivity contribution in [2.24, 2.45) is 0 Å². The summed E-state index contributed by atoms with van der Waals surface area (Å²) in [4.78, 5) is 0. The van der Waals surface area contributed by atoms with E-state index in [9.17, 15) is 5.11 Å². The molecule has 1 fully saturated rings. The maximum absolute atomic E-state index is 10.0. The van der Waals surface area contributed by atoms with E-state index in [0.717, 1.165) is 13.0 Å². The monoisotopic (exact) mass is 187 g/mol. The molecule has 13 heavy (non-hydrogen) atoms. The first kappa shape index (κ1) is 11.0. The van der Waals surface area contributed by atoms with Crippen LogP contribution < -0.4 is 5.32 Å². The second-order valence-corrected chi connectivity index (χ2v) is 4.31. The summed E-state index contributed by atoms with van der Waals surface area (Å²) in [7, 11) is 1.64. The van der Waals surface area contributed by atoms with Gasteiger partial charge in [0.15, 0.2) is 0 Å². The van der Waals surface area contributed by atoms with E-state index < -0.39 is 11.7 Å². The molecular formula is C10H21NO2. The van der Waals surface area contributed by atoms with Crippen LogP contribution >= 0.6 is 0 Å². The van der Waals surface area contributed by atoms with Crippen LogP contribution in [0.4, 0.5) is 0 Å². The molecule has 2 atom stereocenters. The highest BCUT2D eigenvalue weighted by molar-refractivity contribution is 4.90. The summed E-state index contributed by atoms with van der Waals surface area (Å²) < 4.78 is 5.26. The standard InChI is InChI=1S/C10H21NO2/c1-10(2,13-3)9(12)8-6-4-5-7-11-8/h8-9,11-12H,4-7H2,1-3H3.